The normalized spacial score (nSPS) is 11.8. The fourth-order valence-electron chi connectivity index (χ4n) is 2.37. The first-order chi connectivity index (χ1) is 12.6. The van der Waals surface area contributed by atoms with Crippen LogP contribution in [0.4, 0.5) is 18.9 Å². The number of benzene rings is 1. The SMILES string of the molecule is Cc1ccc(C)c(NC(=O)CSc2nnc3c(Cl)cc(C(F)(F)F)cn23)c1. The van der Waals surface area contributed by atoms with Gasteiger partial charge in [-0.2, -0.15) is 13.2 Å². The molecule has 0 atom stereocenters. The zero-order chi connectivity index (χ0) is 19.8. The molecule has 3 rings (SSSR count). The second kappa shape index (κ2) is 7.40. The van der Waals surface area contributed by atoms with Gasteiger partial charge in [-0.3, -0.25) is 9.20 Å². The second-order valence-electron chi connectivity index (χ2n) is 5.91. The van der Waals surface area contributed by atoms with Gasteiger partial charge in [-0.25, -0.2) is 0 Å². The molecule has 1 amide bonds. The van der Waals surface area contributed by atoms with E-state index in [1.807, 2.05) is 32.0 Å². The van der Waals surface area contributed by atoms with Crippen LogP contribution >= 0.6 is 23.4 Å². The molecule has 3 aromatic rings. The van der Waals surface area contributed by atoms with Crippen molar-refractivity contribution < 1.29 is 18.0 Å². The molecule has 10 heteroatoms. The van der Waals surface area contributed by atoms with Crippen molar-refractivity contribution in [1.82, 2.24) is 14.6 Å². The highest BCUT2D eigenvalue weighted by molar-refractivity contribution is 7.99. The van der Waals surface area contributed by atoms with Crippen molar-refractivity contribution in [3.8, 4) is 0 Å². The molecule has 0 radical (unpaired) electrons. The van der Waals surface area contributed by atoms with Gasteiger partial charge in [-0.15, -0.1) is 10.2 Å². The first-order valence-corrected chi connectivity index (χ1v) is 9.13. The number of carbonyl (C=O) groups is 1. The second-order valence-corrected chi connectivity index (χ2v) is 7.26. The number of rotatable bonds is 4. The Balaban J connectivity index is 1.78. The van der Waals surface area contributed by atoms with Gasteiger partial charge >= 0.3 is 6.18 Å². The van der Waals surface area contributed by atoms with E-state index in [0.29, 0.717) is 5.69 Å². The lowest BCUT2D eigenvalue weighted by molar-refractivity contribution is -0.137. The van der Waals surface area contributed by atoms with E-state index in [0.717, 1.165) is 39.6 Å². The number of pyridine rings is 1. The maximum atomic E-state index is 13.0. The Morgan fingerprint density at radius 1 is 1.26 bits per heavy atom. The largest absolute Gasteiger partial charge is 0.417 e. The van der Waals surface area contributed by atoms with Gasteiger partial charge in [0.25, 0.3) is 0 Å². The lowest BCUT2D eigenvalue weighted by Crippen LogP contribution is -2.15. The molecule has 27 heavy (non-hydrogen) atoms. The van der Waals surface area contributed by atoms with Crippen LogP contribution in [0.5, 0.6) is 0 Å². The zero-order valence-electron chi connectivity index (χ0n) is 14.3. The highest BCUT2D eigenvalue weighted by Gasteiger charge is 2.32. The van der Waals surface area contributed by atoms with Crippen LogP contribution < -0.4 is 5.32 Å². The van der Waals surface area contributed by atoms with Crippen molar-refractivity contribution in [2.75, 3.05) is 11.1 Å². The summed E-state index contributed by atoms with van der Waals surface area (Å²) in [6.07, 6.45) is -3.68. The smallest absolute Gasteiger partial charge is 0.325 e. The molecule has 0 spiro atoms. The third-order valence-corrected chi connectivity index (χ3v) is 4.98. The number of alkyl halides is 3. The summed E-state index contributed by atoms with van der Waals surface area (Å²) in [4.78, 5) is 12.2. The van der Waals surface area contributed by atoms with E-state index in [1.54, 1.807) is 0 Å². The van der Waals surface area contributed by atoms with Gasteiger partial charge in [0.05, 0.1) is 16.3 Å². The fraction of sp³-hybridized carbons (Fsp3) is 0.235. The van der Waals surface area contributed by atoms with Crippen molar-refractivity contribution in [3.63, 3.8) is 0 Å². The third-order valence-electron chi connectivity index (χ3n) is 3.76. The van der Waals surface area contributed by atoms with Gasteiger partial charge in [-0.05, 0) is 37.1 Å². The van der Waals surface area contributed by atoms with Gasteiger partial charge in [0.1, 0.15) is 0 Å². The molecule has 0 aliphatic heterocycles. The molecular weight excluding hydrogens is 401 g/mol. The predicted octanol–water partition coefficient (Wildman–Crippen LogP) is 4.75. The Hall–Kier alpha value is -2.26. The molecule has 5 nitrogen and oxygen atoms in total. The number of aromatic nitrogens is 3. The molecule has 0 bridgehead atoms. The summed E-state index contributed by atoms with van der Waals surface area (Å²) in [6.45, 7) is 3.78. The summed E-state index contributed by atoms with van der Waals surface area (Å²) < 4.78 is 40.1. The number of carbonyl (C=O) groups excluding carboxylic acids is 1. The van der Waals surface area contributed by atoms with Gasteiger partial charge in [0.2, 0.25) is 5.91 Å². The molecule has 0 unspecified atom stereocenters. The number of fused-ring (bicyclic) bond motifs is 1. The van der Waals surface area contributed by atoms with E-state index >= 15 is 0 Å². The summed E-state index contributed by atoms with van der Waals surface area (Å²) in [7, 11) is 0. The van der Waals surface area contributed by atoms with E-state index in [4.69, 9.17) is 11.6 Å². The molecular formula is C17H14ClF3N4OS. The van der Waals surface area contributed by atoms with Crippen molar-refractivity contribution in [3.05, 3.63) is 52.2 Å². The molecule has 0 aliphatic rings. The number of hydrogen-bond acceptors (Lipinski definition) is 4. The van der Waals surface area contributed by atoms with Crippen LogP contribution in [-0.2, 0) is 11.0 Å². The minimum atomic E-state index is -4.55. The number of hydrogen-bond donors (Lipinski definition) is 1. The van der Waals surface area contributed by atoms with Crippen LogP contribution in [0.1, 0.15) is 16.7 Å². The topological polar surface area (TPSA) is 59.3 Å². The van der Waals surface area contributed by atoms with E-state index in [1.165, 1.54) is 0 Å². The van der Waals surface area contributed by atoms with Crippen LogP contribution in [0, 0.1) is 13.8 Å². The highest BCUT2D eigenvalue weighted by atomic mass is 35.5. The number of amides is 1. The zero-order valence-corrected chi connectivity index (χ0v) is 15.8. The molecule has 1 N–H and O–H groups in total. The Kier molecular flexibility index (Phi) is 5.34. The van der Waals surface area contributed by atoms with Gasteiger partial charge < -0.3 is 5.32 Å². The number of halogens is 4. The van der Waals surface area contributed by atoms with Crippen molar-refractivity contribution in [2.45, 2.75) is 25.2 Å². The number of nitrogens with one attached hydrogen (secondary N) is 1. The van der Waals surface area contributed by atoms with Gasteiger partial charge in [0.15, 0.2) is 10.8 Å². The molecule has 0 fully saturated rings. The number of nitrogens with zero attached hydrogens (tertiary/aromatic N) is 3. The van der Waals surface area contributed by atoms with Crippen LogP contribution in [0.2, 0.25) is 5.02 Å². The average molecular weight is 415 g/mol. The van der Waals surface area contributed by atoms with E-state index in [9.17, 15) is 18.0 Å². The monoisotopic (exact) mass is 414 g/mol. The standard InChI is InChI=1S/C17H14ClF3N4OS/c1-9-3-4-10(2)13(5-9)22-14(26)8-27-16-24-23-15-12(18)6-11(7-25(15)16)17(19,20)21/h3-7H,8H2,1-2H3,(H,22,26). The van der Waals surface area contributed by atoms with Gasteiger partial charge in [-0.1, -0.05) is 35.5 Å². The molecule has 1 aromatic carbocycles. The number of anilines is 1. The molecule has 142 valence electrons. The minimum Gasteiger partial charge on any atom is -0.325 e. The summed E-state index contributed by atoms with van der Waals surface area (Å²) in [5, 5.41) is 10.4. The van der Waals surface area contributed by atoms with Crippen molar-refractivity contribution in [2.24, 2.45) is 0 Å². The van der Waals surface area contributed by atoms with E-state index in [-0.39, 0.29) is 27.5 Å². The first-order valence-electron chi connectivity index (χ1n) is 7.76. The quantitative estimate of drug-likeness (QED) is 0.626. The van der Waals surface area contributed by atoms with Crippen LogP contribution in [0.15, 0.2) is 35.6 Å². The molecule has 0 saturated carbocycles. The Bertz CT molecular complexity index is 1020. The summed E-state index contributed by atoms with van der Waals surface area (Å²) in [5.74, 6) is -0.342. The van der Waals surface area contributed by atoms with Crippen LogP contribution in [0.3, 0.4) is 0 Å². The Morgan fingerprint density at radius 2 is 2.00 bits per heavy atom. The Labute approximate surface area is 161 Å². The van der Waals surface area contributed by atoms with Crippen LogP contribution in [0.25, 0.3) is 5.65 Å². The molecule has 2 heterocycles. The van der Waals surface area contributed by atoms with Crippen LogP contribution in [-0.4, -0.2) is 26.3 Å². The summed E-state index contributed by atoms with van der Waals surface area (Å²) in [5.41, 5.74) is 1.78. The fourth-order valence-corrected chi connectivity index (χ4v) is 3.33. The minimum absolute atomic E-state index is 0.0396. The predicted molar refractivity (Wildman–Crippen MR) is 98.3 cm³/mol. The Morgan fingerprint density at radius 3 is 2.70 bits per heavy atom. The lowest BCUT2D eigenvalue weighted by atomic mass is 10.1. The first kappa shape index (κ1) is 19.5. The molecule has 2 aromatic heterocycles. The summed E-state index contributed by atoms with van der Waals surface area (Å²) in [6, 6.07) is 6.47. The van der Waals surface area contributed by atoms with Crippen molar-refractivity contribution >= 4 is 40.6 Å². The summed E-state index contributed by atoms with van der Waals surface area (Å²) >= 11 is 6.85. The average Bonchev–Trinajstić information content (AvgIpc) is 2.99. The van der Waals surface area contributed by atoms with Gasteiger partial charge in [0, 0.05) is 11.9 Å². The molecule has 0 aliphatic carbocycles. The molecule has 0 saturated heterocycles. The number of aryl methyl sites for hydroxylation is 2. The third kappa shape index (κ3) is 4.36. The maximum Gasteiger partial charge on any atom is 0.417 e. The number of thioether (sulfide) groups is 1. The lowest BCUT2D eigenvalue weighted by Gasteiger charge is -2.10. The van der Waals surface area contributed by atoms with E-state index in [2.05, 4.69) is 15.5 Å². The highest BCUT2D eigenvalue weighted by Crippen LogP contribution is 2.33. The van der Waals surface area contributed by atoms with E-state index < -0.39 is 11.7 Å². The van der Waals surface area contributed by atoms with Crippen molar-refractivity contribution in [1.29, 1.82) is 0 Å². The maximum absolute atomic E-state index is 13.0.